The minimum atomic E-state index is 0.359. The minimum Gasteiger partial charge on any atom is -0.272 e. The molecule has 0 N–H and O–H groups in total. The molecule has 2 bridgehead atoms. The lowest BCUT2D eigenvalue weighted by Crippen LogP contribution is -2.33. The monoisotopic (exact) mass is 190 g/mol. The van der Waals surface area contributed by atoms with Crippen LogP contribution in [0, 0.1) is 5.41 Å². The summed E-state index contributed by atoms with van der Waals surface area (Å²) in [5.74, 6) is 0.746. The van der Waals surface area contributed by atoms with Crippen molar-refractivity contribution in [3.63, 3.8) is 0 Å². The molecule has 0 saturated heterocycles. The Labute approximate surface area is 85.3 Å². The zero-order valence-electron chi connectivity index (χ0n) is 9.46. The molecule has 1 aromatic heterocycles. The molecule has 0 spiro atoms. The topological polar surface area (TPSA) is 17.8 Å². The molecular weight excluding hydrogens is 172 g/mol. The molecule has 1 saturated carbocycles. The Morgan fingerprint density at radius 1 is 1.43 bits per heavy atom. The third-order valence-corrected chi connectivity index (χ3v) is 5.09. The molecule has 0 amide bonds. The summed E-state index contributed by atoms with van der Waals surface area (Å²) in [6.07, 6.45) is 4.77. The predicted molar refractivity (Wildman–Crippen MR) is 56.3 cm³/mol. The number of hydrogen-bond donors (Lipinski definition) is 0. The van der Waals surface area contributed by atoms with Crippen LogP contribution in [0.5, 0.6) is 0 Å². The van der Waals surface area contributed by atoms with Gasteiger partial charge in [-0.1, -0.05) is 20.8 Å². The first-order valence-electron chi connectivity index (χ1n) is 5.51. The zero-order valence-corrected chi connectivity index (χ0v) is 9.46. The molecule has 2 aliphatic rings. The Balaban J connectivity index is 2.32. The lowest BCUT2D eigenvalue weighted by Gasteiger charge is -2.35. The second-order valence-corrected chi connectivity index (χ2v) is 5.72. The van der Waals surface area contributed by atoms with Crippen molar-refractivity contribution in [3.05, 3.63) is 17.5 Å². The first-order chi connectivity index (χ1) is 6.48. The summed E-state index contributed by atoms with van der Waals surface area (Å²) in [6.45, 7) is 7.26. The van der Waals surface area contributed by atoms with E-state index in [1.54, 1.807) is 0 Å². The van der Waals surface area contributed by atoms with Crippen LogP contribution in [-0.4, -0.2) is 9.78 Å². The van der Waals surface area contributed by atoms with E-state index < -0.39 is 0 Å². The Morgan fingerprint density at radius 3 is 2.79 bits per heavy atom. The van der Waals surface area contributed by atoms with Crippen LogP contribution >= 0.6 is 0 Å². The largest absolute Gasteiger partial charge is 0.272 e. The van der Waals surface area contributed by atoms with Crippen LogP contribution in [0.15, 0.2) is 6.20 Å². The van der Waals surface area contributed by atoms with Gasteiger partial charge in [0.1, 0.15) is 0 Å². The maximum absolute atomic E-state index is 4.41. The Hall–Kier alpha value is -0.790. The van der Waals surface area contributed by atoms with E-state index in [1.165, 1.54) is 24.1 Å². The van der Waals surface area contributed by atoms with Crippen molar-refractivity contribution in [1.29, 1.82) is 0 Å². The van der Waals surface area contributed by atoms with Gasteiger partial charge in [-0.05, 0) is 29.7 Å². The van der Waals surface area contributed by atoms with Crippen LogP contribution in [0.4, 0.5) is 0 Å². The molecule has 1 heterocycles. The van der Waals surface area contributed by atoms with E-state index in [0.717, 1.165) is 5.92 Å². The zero-order chi connectivity index (χ0) is 10.1. The summed E-state index contributed by atoms with van der Waals surface area (Å²) in [5, 5.41) is 4.41. The fourth-order valence-electron chi connectivity index (χ4n) is 3.85. The molecule has 2 nitrogen and oxygen atoms in total. The molecule has 0 aromatic carbocycles. The van der Waals surface area contributed by atoms with Crippen LogP contribution in [0.25, 0.3) is 0 Å². The third kappa shape index (κ3) is 0.626. The highest BCUT2D eigenvalue weighted by atomic mass is 15.3. The van der Waals surface area contributed by atoms with Gasteiger partial charge in [0.25, 0.3) is 0 Å². The number of rotatable bonds is 0. The lowest BCUT2D eigenvalue weighted by atomic mass is 9.70. The minimum absolute atomic E-state index is 0.359. The Bertz CT molecular complexity index is 402. The highest BCUT2D eigenvalue weighted by Crippen LogP contribution is 2.67. The van der Waals surface area contributed by atoms with E-state index in [1.807, 2.05) is 0 Å². The molecule has 2 heteroatoms. The van der Waals surface area contributed by atoms with Crippen molar-refractivity contribution in [2.24, 2.45) is 12.5 Å². The summed E-state index contributed by atoms with van der Waals surface area (Å²) < 4.78 is 2.09. The quantitative estimate of drug-likeness (QED) is 0.615. The van der Waals surface area contributed by atoms with Crippen molar-refractivity contribution in [2.75, 3.05) is 0 Å². The first-order valence-corrected chi connectivity index (χ1v) is 5.51. The molecule has 76 valence electrons. The van der Waals surface area contributed by atoms with E-state index in [4.69, 9.17) is 0 Å². The molecular formula is C12H18N2. The number of hydrogen-bond acceptors (Lipinski definition) is 1. The van der Waals surface area contributed by atoms with Gasteiger partial charge < -0.3 is 0 Å². The van der Waals surface area contributed by atoms with Crippen LogP contribution in [0.3, 0.4) is 0 Å². The standard InChI is InChI=1S/C12H18N2/c1-11(2)9-5-6-12(11,3)10-8(9)7-13-14(10)4/h7,9H,5-6H2,1-4H3/t9-,12-/m1/s1. The van der Waals surface area contributed by atoms with Crippen molar-refractivity contribution in [1.82, 2.24) is 9.78 Å². The van der Waals surface area contributed by atoms with E-state index in [9.17, 15) is 0 Å². The maximum atomic E-state index is 4.41. The van der Waals surface area contributed by atoms with Crippen molar-refractivity contribution >= 4 is 0 Å². The number of aromatic nitrogens is 2. The number of fused-ring (bicyclic) bond motifs is 5. The van der Waals surface area contributed by atoms with Gasteiger partial charge in [-0.2, -0.15) is 5.10 Å². The third-order valence-electron chi connectivity index (χ3n) is 5.09. The van der Waals surface area contributed by atoms with Crippen molar-refractivity contribution in [3.8, 4) is 0 Å². The van der Waals surface area contributed by atoms with Crippen LogP contribution < -0.4 is 0 Å². The summed E-state index contributed by atoms with van der Waals surface area (Å²) >= 11 is 0. The van der Waals surface area contributed by atoms with E-state index in [2.05, 4.69) is 43.8 Å². The average Bonchev–Trinajstić information content (AvgIpc) is 2.62. The van der Waals surface area contributed by atoms with E-state index in [-0.39, 0.29) is 0 Å². The Kier molecular flexibility index (Phi) is 1.26. The van der Waals surface area contributed by atoms with Gasteiger partial charge in [-0.25, -0.2) is 0 Å². The van der Waals surface area contributed by atoms with Crippen molar-refractivity contribution < 1.29 is 0 Å². The normalized spacial score (nSPS) is 37.6. The van der Waals surface area contributed by atoms with Crippen LogP contribution in [0.2, 0.25) is 0 Å². The van der Waals surface area contributed by atoms with Crippen molar-refractivity contribution in [2.45, 2.75) is 44.9 Å². The number of nitrogens with zero attached hydrogens (tertiary/aromatic N) is 2. The average molecular weight is 190 g/mol. The van der Waals surface area contributed by atoms with Gasteiger partial charge in [0.05, 0.1) is 6.20 Å². The molecule has 2 atom stereocenters. The predicted octanol–water partition coefficient (Wildman–Crippen LogP) is 2.60. The van der Waals surface area contributed by atoms with Gasteiger partial charge in [-0.15, -0.1) is 0 Å². The highest BCUT2D eigenvalue weighted by Gasteiger charge is 2.61. The van der Waals surface area contributed by atoms with Gasteiger partial charge in [-0.3, -0.25) is 4.68 Å². The molecule has 14 heavy (non-hydrogen) atoms. The first kappa shape index (κ1) is 8.51. The highest BCUT2D eigenvalue weighted by molar-refractivity contribution is 5.44. The smallest absolute Gasteiger partial charge is 0.0527 e. The van der Waals surface area contributed by atoms with E-state index >= 15 is 0 Å². The molecule has 0 radical (unpaired) electrons. The molecule has 1 aromatic rings. The summed E-state index contributed by atoms with van der Waals surface area (Å²) in [5.41, 5.74) is 3.81. The lowest BCUT2D eigenvalue weighted by molar-refractivity contribution is 0.220. The summed E-state index contributed by atoms with van der Waals surface area (Å²) in [6, 6.07) is 0. The Morgan fingerprint density at radius 2 is 2.14 bits per heavy atom. The SMILES string of the molecule is Cn1ncc2c1[C@@]1(C)CC[C@H]2C1(C)C. The number of aryl methyl sites for hydroxylation is 1. The van der Waals surface area contributed by atoms with Crippen LogP contribution in [-0.2, 0) is 12.5 Å². The summed E-state index contributed by atoms with van der Waals surface area (Å²) in [4.78, 5) is 0. The summed E-state index contributed by atoms with van der Waals surface area (Å²) in [7, 11) is 2.08. The maximum Gasteiger partial charge on any atom is 0.0527 e. The molecule has 2 aliphatic carbocycles. The second kappa shape index (κ2) is 2.07. The second-order valence-electron chi connectivity index (χ2n) is 5.72. The molecule has 0 aliphatic heterocycles. The fraction of sp³-hybridized carbons (Fsp3) is 0.750. The van der Waals surface area contributed by atoms with E-state index in [0.29, 0.717) is 10.8 Å². The fourth-order valence-corrected chi connectivity index (χ4v) is 3.85. The van der Waals surface area contributed by atoms with Gasteiger partial charge in [0.15, 0.2) is 0 Å². The molecule has 0 unspecified atom stereocenters. The van der Waals surface area contributed by atoms with Gasteiger partial charge in [0, 0.05) is 18.2 Å². The van der Waals surface area contributed by atoms with Gasteiger partial charge in [0.2, 0.25) is 0 Å². The van der Waals surface area contributed by atoms with Gasteiger partial charge >= 0.3 is 0 Å². The molecule has 3 rings (SSSR count). The molecule has 1 fully saturated rings. The van der Waals surface area contributed by atoms with Crippen LogP contribution in [0.1, 0.15) is 50.8 Å².